The van der Waals surface area contributed by atoms with Crippen LogP contribution in [-0.2, 0) is 14.3 Å². The Morgan fingerprint density at radius 1 is 1.40 bits per heavy atom. The molecule has 2 atom stereocenters. The molecule has 1 saturated heterocycles. The number of rotatable bonds is 3. The number of ether oxygens (including phenoxy) is 1. The molecule has 1 aliphatic heterocycles. The standard InChI is InChI=1S/C12H18O3/c1-2-3-7-12-8-5-4-6-9(12)10(13)15-11(12)14/h9H,2-8H2,1H3. The lowest BCUT2D eigenvalue weighted by Gasteiger charge is -2.33. The lowest BCUT2D eigenvalue weighted by molar-refractivity contribution is -0.155. The molecule has 0 amide bonds. The van der Waals surface area contributed by atoms with Crippen LogP contribution in [0.5, 0.6) is 0 Å². The van der Waals surface area contributed by atoms with Crippen molar-refractivity contribution in [2.75, 3.05) is 0 Å². The Bertz CT molecular complexity index is 285. The molecule has 0 aromatic carbocycles. The monoisotopic (exact) mass is 210 g/mol. The first-order chi connectivity index (χ1) is 7.20. The van der Waals surface area contributed by atoms with Crippen LogP contribution in [-0.4, -0.2) is 11.9 Å². The van der Waals surface area contributed by atoms with Gasteiger partial charge in [-0.3, -0.25) is 9.59 Å². The number of hydrogen-bond donors (Lipinski definition) is 0. The second-order valence-corrected chi connectivity index (χ2v) is 4.77. The van der Waals surface area contributed by atoms with Crippen LogP contribution in [0, 0.1) is 11.3 Å². The predicted molar refractivity (Wildman–Crippen MR) is 55.0 cm³/mol. The summed E-state index contributed by atoms with van der Waals surface area (Å²) in [7, 11) is 0. The minimum Gasteiger partial charge on any atom is -0.392 e. The summed E-state index contributed by atoms with van der Waals surface area (Å²) in [6.07, 6.45) is 6.72. The first-order valence-electron chi connectivity index (χ1n) is 5.97. The smallest absolute Gasteiger partial charge is 0.320 e. The lowest BCUT2D eigenvalue weighted by Crippen LogP contribution is -2.36. The van der Waals surface area contributed by atoms with Gasteiger partial charge in [0, 0.05) is 0 Å². The third-order valence-electron chi connectivity index (χ3n) is 3.89. The Hall–Kier alpha value is -0.860. The van der Waals surface area contributed by atoms with Crippen molar-refractivity contribution in [2.45, 2.75) is 51.9 Å². The van der Waals surface area contributed by atoms with Crippen LogP contribution in [0.4, 0.5) is 0 Å². The van der Waals surface area contributed by atoms with E-state index in [1.165, 1.54) is 0 Å². The van der Waals surface area contributed by atoms with Gasteiger partial charge < -0.3 is 4.74 Å². The minimum absolute atomic E-state index is 0.134. The summed E-state index contributed by atoms with van der Waals surface area (Å²) < 4.78 is 4.83. The van der Waals surface area contributed by atoms with Gasteiger partial charge in [-0.2, -0.15) is 0 Å². The van der Waals surface area contributed by atoms with E-state index < -0.39 is 5.41 Å². The quantitative estimate of drug-likeness (QED) is 0.530. The molecule has 0 aromatic heterocycles. The van der Waals surface area contributed by atoms with Gasteiger partial charge in [-0.1, -0.05) is 32.6 Å². The van der Waals surface area contributed by atoms with E-state index in [4.69, 9.17) is 4.74 Å². The van der Waals surface area contributed by atoms with Crippen LogP contribution in [0.2, 0.25) is 0 Å². The Morgan fingerprint density at radius 3 is 2.93 bits per heavy atom. The fraction of sp³-hybridized carbons (Fsp3) is 0.833. The summed E-state index contributed by atoms with van der Waals surface area (Å²) in [5.41, 5.74) is -0.439. The van der Waals surface area contributed by atoms with E-state index in [0.29, 0.717) is 0 Å². The van der Waals surface area contributed by atoms with Gasteiger partial charge in [0.05, 0.1) is 11.3 Å². The molecule has 1 aliphatic carbocycles. The summed E-state index contributed by atoms with van der Waals surface area (Å²) >= 11 is 0. The molecule has 0 bridgehead atoms. The molecule has 0 radical (unpaired) electrons. The molecule has 84 valence electrons. The fourth-order valence-electron chi connectivity index (χ4n) is 2.98. The first-order valence-corrected chi connectivity index (χ1v) is 5.97. The Labute approximate surface area is 90.2 Å². The zero-order valence-electron chi connectivity index (χ0n) is 9.25. The van der Waals surface area contributed by atoms with Gasteiger partial charge in [0.2, 0.25) is 0 Å². The van der Waals surface area contributed by atoms with E-state index in [1.807, 2.05) is 0 Å². The van der Waals surface area contributed by atoms with Crippen LogP contribution in [0.3, 0.4) is 0 Å². The predicted octanol–water partition coefficient (Wildman–Crippen LogP) is 2.44. The number of carbonyl (C=O) groups is 2. The summed E-state index contributed by atoms with van der Waals surface area (Å²) in [4.78, 5) is 23.3. The van der Waals surface area contributed by atoms with E-state index in [0.717, 1.165) is 44.9 Å². The Kier molecular flexibility index (Phi) is 2.81. The van der Waals surface area contributed by atoms with Crippen molar-refractivity contribution < 1.29 is 14.3 Å². The third-order valence-corrected chi connectivity index (χ3v) is 3.89. The van der Waals surface area contributed by atoms with Crippen LogP contribution >= 0.6 is 0 Å². The van der Waals surface area contributed by atoms with Crippen molar-refractivity contribution in [3.63, 3.8) is 0 Å². The number of hydrogen-bond acceptors (Lipinski definition) is 3. The maximum Gasteiger partial charge on any atom is 0.320 e. The highest BCUT2D eigenvalue weighted by Crippen LogP contribution is 2.50. The number of unbranched alkanes of at least 4 members (excludes halogenated alkanes) is 1. The topological polar surface area (TPSA) is 43.4 Å². The first kappa shape index (κ1) is 10.7. The summed E-state index contributed by atoms with van der Waals surface area (Å²) in [6, 6.07) is 0. The van der Waals surface area contributed by atoms with E-state index >= 15 is 0 Å². The number of fused-ring (bicyclic) bond motifs is 1. The van der Waals surface area contributed by atoms with Crippen molar-refractivity contribution in [3.05, 3.63) is 0 Å². The van der Waals surface area contributed by atoms with Crippen molar-refractivity contribution in [3.8, 4) is 0 Å². The van der Waals surface area contributed by atoms with E-state index in [9.17, 15) is 9.59 Å². The maximum absolute atomic E-state index is 11.8. The summed E-state index contributed by atoms with van der Waals surface area (Å²) in [6.45, 7) is 2.11. The van der Waals surface area contributed by atoms with Gasteiger partial charge >= 0.3 is 11.9 Å². The molecule has 0 aromatic rings. The zero-order valence-corrected chi connectivity index (χ0v) is 9.25. The average Bonchev–Trinajstić information content (AvgIpc) is 2.50. The SMILES string of the molecule is CCCCC12CCCCC1C(=O)OC2=O. The molecular formula is C12H18O3. The van der Waals surface area contributed by atoms with Crippen molar-refractivity contribution in [1.82, 2.24) is 0 Å². The van der Waals surface area contributed by atoms with Crippen molar-refractivity contribution in [1.29, 1.82) is 0 Å². The highest BCUT2D eigenvalue weighted by Gasteiger charge is 2.57. The normalized spacial score (nSPS) is 35.1. The third kappa shape index (κ3) is 1.58. The van der Waals surface area contributed by atoms with Crippen LogP contribution in [0.1, 0.15) is 51.9 Å². The highest BCUT2D eigenvalue weighted by molar-refractivity contribution is 5.99. The molecule has 3 heteroatoms. The van der Waals surface area contributed by atoms with E-state index in [2.05, 4.69) is 6.92 Å². The van der Waals surface area contributed by atoms with Crippen molar-refractivity contribution >= 4 is 11.9 Å². The molecule has 15 heavy (non-hydrogen) atoms. The van der Waals surface area contributed by atoms with E-state index in [-0.39, 0.29) is 17.9 Å². The Morgan fingerprint density at radius 2 is 2.20 bits per heavy atom. The molecule has 3 nitrogen and oxygen atoms in total. The Balaban J connectivity index is 2.21. The van der Waals surface area contributed by atoms with Gasteiger partial charge in [-0.05, 0) is 19.3 Å². The maximum atomic E-state index is 11.8. The largest absolute Gasteiger partial charge is 0.392 e. The second-order valence-electron chi connectivity index (χ2n) is 4.77. The molecule has 0 N–H and O–H groups in total. The van der Waals surface area contributed by atoms with Gasteiger partial charge in [0.1, 0.15) is 0 Å². The van der Waals surface area contributed by atoms with Gasteiger partial charge in [0.15, 0.2) is 0 Å². The molecule has 2 fully saturated rings. The van der Waals surface area contributed by atoms with Gasteiger partial charge in [0.25, 0.3) is 0 Å². The minimum atomic E-state index is -0.439. The van der Waals surface area contributed by atoms with Crippen LogP contribution in [0.25, 0.3) is 0 Å². The van der Waals surface area contributed by atoms with E-state index in [1.54, 1.807) is 0 Å². The molecular weight excluding hydrogens is 192 g/mol. The lowest BCUT2D eigenvalue weighted by atomic mass is 9.65. The highest BCUT2D eigenvalue weighted by atomic mass is 16.6. The molecule has 0 spiro atoms. The second kappa shape index (κ2) is 3.95. The van der Waals surface area contributed by atoms with Crippen LogP contribution < -0.4 is 0 Å². The summed E-state index contributed by atoms with van der Waals surface area (Å²) in [5.74, 6) is -0.647. The molecule has 2 aliphatic rings. The van der Waals surface area contributed by atoms with Gasteiger partial charge in [-0.25, -0.2) is 0 Å². The molecule has 2 unspecified atom stereocenters. The molecule has 2 rings (SSSR count). The van der Waals surface area contributed by atoms with Crippen molar-refractivity contribution in [2.24, 2.45) is 11.3 Å². The number of esters is 2. The fourth-order valence-corrected chi connectivity index (χ4v) is 2.98. The average molecular weight is 210 g/mol. The zero-order chi connectivity index (χ0) is 10.9. The molecule has 1 saturated carbocycles. The summed E-state index contributed by atoms with van der Waals surface area (Å²) in [5, 5.41) is 0. The number of carbonyl (C=O) groups excluding carboxylic acids is 2. The van der Waals surface area contributed by atoms with Crippen LogP contribution in [0.15, 0.2) is 0 Å². The molecule has 1 heterocycles. The number of cyclic esters (lactones) is 2. The van der Waals surface area contributed by atoms with Gasteiger partial charge in [-0.15, -0.1) is 0 Å².